The van der Waals surface area contributed by atoms with Gasteiger partial charge in [0.15, 0.2) is 0 Å². The van der Waals surface area contributed by atoms with Gasteiger partial charge >= 0.3 is 0 Å². The van der Waals surface area contributed by atoms with E-state index in [1.807, 2.05) is 31.2 Å². The Kier molecular flexibility index (Phi) is 7.06. The number of thioether (sulfide) groups is 1. The molecule has 1 amide bonds. The van der Waals surface area contributed by atoms with Crippen LogP contribution in [0.3, 0.4) is 0 Å². The first-order chi connectivity index (χ1) is 14.2. The Hall–Kier alpha value is -2.50. The molecule has 1 unspecified atom stereocenters. The first-order valence-corrected chi connectivity index (χ1v) is 11.0. The van der Waals surface area contributed by atoms with E-state index in [1.54, 1.807) is 6.21 Å². The molecule has 0 aliphatic carbocycles. The number of nitrogens with one attached hydrogen (secondary N) is 1. The molecule has 0 bridgehead atoms. The second-order valence-corrected chi connectivity index (χ2v) is 9.31. The number of carbonyl (C=O) groups excluding carboxylic acids is 1. The van der Waals surface area contributed by atoms with Gasteiger partial charge in [-0.15, -0.1) is 11.8 Å². The fourth-order valence-electron chi connectivity index (χ4n) is 3.42. The van der Waals surface area contributed by atoms with Crippen molar-refractivity contribution in [1.29, 1.82) is 0 Å². The summed E-state index contributed by atoms with van der Waals surface area (Å²) in [5, 5.41) is 4.60. The van der Waals surface area contributed by atoms with Crippen molar-refractivity contribution in [3.63, 3.8) is 0 Å². The second-order valence-electron chi connectivity index (χ2n) is 7.46. The minimum absolute atomic E-state index is 0.144. The van der Waals surface area contributed by atoms with Gasteiger partial charge in [-0.2, -0.15) is 5.10 Å². The molecule has 0 saturated carbocycles. The van der Waals surface area contributed by atoms with Crippen molar-refractivity contribution in [3.8, 4) is 5.69 Å². The number of hydrazone groups is 1. The molecule has 0 aliphatic heterocycles. The third-order valence-corrected chi connectivity index (χ3v) is 6.17. The van der Waals surface area contributed by atoms with Gasteiger partial charge in [0.1, 0.15) is 0 Å². The minimum Gasteiger partial charge on any atom is -0.318 e. The summed E-state index contributed by atoms with van der Waals surface area (Å²) in [6, 6.07) is 16.0. The molecule has 0 fully saturated rings. The molecule has 1 atom stereocenters. The monoisotopic (exact) mass is 439 g/mol. The number of amides is 1. The van der Waals surface area contributed by atoms with E-state index in [-0.39, 0.29) is 11.2 Å². The Bertz CT molecular complexity index is 1070. The second kappa shape index (κ2) is 9.54. The van der Waals surface area contributed by atoms with Gasteiger partial charge in [-0.1, -0.05) is 17.7 Å². The first-order valence-electron chi connectivity index (χ1n) is 9.77. The van der Waals surface area contributed by atoms with E-state index >= 15 is 0 Å². The number of aromatic nitrogens is 1. The fraction of sp³-hybridized carbons (Fsp3) is 0.250. The molecule has 1 aromatic heterocycles. The van der Waals surface area contributed by atoms with Gasteiger partial charge < -0.3 is 4.57 Å². The average Bonchev–Trinajstić information content (AvgIpc) is 2.96. The van der Waals surface area contributed by atoms with Crippen molar-refractivity contribution in [2.75, 3.05) is 0 Å². The van der Waals surface area contributed by atoms with Crippen LogP contribution >= 0.6 is 23.4 Å². The highest BCUT2D eigenvalue weighted by Crippen LogP contribution is 2.25. The summed E-state index contributed by atoms with van der Waals surface area (Å²) in [5.74, 6) is -0.144. The third kappa shape index (κ3) is 5.35. The minimum atomic E-state index is -0.272. The molecule has 2 aromatic carbocycles. The summed E-state index contributed by atoms with van der Waals surface area (Å²) in [5.41, 5.74) is 9.43. The smallest absolute Gasteiger partial charge is 0.253 e. The Morgan fingerprint density at radius 2 is 1.70 bits per heavy atom. The molecule has 0 aliphatic rings. The maximum Gasteiger partial charge on any atom is 0.253 e. The van der Waals surface area contributed by atoms with Gasteiger partial charge in [-0.05, 0) is 88.2 Å². The van der Waals surface area contributed by atoms with Crippen LogP contribution in [-0.2, 0) is 4.79 Å². The normalized spacial score (nSPS) is 12.3. The molecular formula is C24H26ClN3OS. The summed E-state index contributed by atoms with van der Waals surface area (Å²) in [4.78, 5) is 13.4. The molecule has 3 rings (SSSR count). The van der Waals surface area contributed by atoms with Crippen LogP contribution in [0.1, 0.15) is 35.0 Å². The predicted octanol–water partition coefficient (Wildman–Crippen LogP) is 6.00. The Morgan fingerprint density at radius 3 is 2.33 bits per heavy atom. The zero-order chi connectivity index (χ0) is 21.8. The van der Waals surface area contributed by atoms with Gasteiger partial charge in [0, 0.05) is 32.6 Å². The quantitative estimate of drug-likeness (QED) is 0.291. The molecule has 0 spiro atoms. The van der Waals surface area contributed by atoms with E-state index in [9.17, 15) is 4.79 Å². The lowest BCUT2D eigenvalue weighted by atomic mass is 10.1. The Balaban J connectivity index is 1.69. The van der Waals surface area contributed by atoms with Crippen LogP contribution in [0.25, 0.3) is 5.69 Å². The number of carbonyl (C=O) groups is 1. The summed E-state index contributed by atoms with van der Waals surface area (Å²) in [6.45, 7) is 10.2. The number of halogens is 1. The molecule has 6 heteroatoms. The maximum absolute atomic E-state index is 12.4. The topological polar surface area (TPSA) is 46.4 Å². The Morgan fingerprint density at radius 1 is 1.07 bits per heavy atom. The number of hydrogen-bond acceptors (Lipinski definition) is 3. The molecule has 0 saturated heterocycles. The highest BCUT2D eigenvalue weighted by atomic mass is 35.5. The predicted molar refractivity (Wildman–Crippen MR) is 127 cm³/mol. The summed E-state index contributed by atoms with van der Waals surface area (Å²) < 4.78 is 2.21. The first kappa shape index (κ1) is 22.2. The number of benzene rings is 2. The lowest BCUT2D eigenvalue weighted by Crippen LogP contribution is -2.26. The van der Waals surface area contributed by atoms with Crippen LogP contribution in [0.15, 0.2) is 58.5 Å². The summed E-state index contributed by atoms with van der Waals surface area (Å²) in [7, 11) is 0. The molecule has 30 heavy (non-hydrogen) atoms. The van der Waals surface area contributed by atoms with Crippen molar-refractivity contribution in [2.24, 2.45) is 5.10 Å². The van der Waals surface area contributed by atoms with E-state index in [0.717, 1.165) is 27.5 Å². The standard InChI is InChI=1S/C24H26ClN3OS/c1-15-10-16(2)12-22(11-15)28-17(3)13-20(18(28)4)14-26-27-24(29)19(5)30-23-8-6-21(25)7-9-23/h6-14,19H,1-5H3,(H,27,29)/b26-14+. The Labute approximate surface area is 187 Å². The number of aryl methyl sites for hydroxylation is 3. The van der Waals surface area contributed by atoms with Crippen molar-refractivity contribution in [1.82, 2.24) is 9.99 Å². The largest absolute Gasteiger partial charge is 0.318 e. The molecular weight excluding hydrogens is 414 g/mol. The van der Waals surface area contributed by atoms with Crippen LogP contribution in [0.4, 0.5) is 0 Å². The third-order valence-electron chi connectivity index (χ3n) is 4.81. The van der Waals surface area contributed by atoms with Gasteiger partial charge in [0.05, 0.1) is 11.5 Å². The van der Waals surface area contributed by atoms with E-state index in [1.165, 1.54) is 22.9 Å². The highest BCUT2D eigenvalue weighted by Gasteiger charge is 2.14. The van der Waals surface area contributed by atoms with Crippen LogP contribution < -0.4 is 5.43 Å². The summed E-state index contributed by atoms with van der Waals surface area (Å²) >= 11 is 7.38. The van der Waals surface area contributed by atoms with Gasteiger partial charge in [-0.3, -0.25) is 4.79 Å². The SMILES string of the molecule is Cc1cc(C)cc(-n2c(C)cc(/C=N/NC(=O)C(C)Sc3ccc(Cl)cc3)c2C)c1. The lowest BCUT2D eigenvalue weighted by molar-refractivity contribution is -0.120. The van der Waals surface area contributed by atoms with Crippen molar-refractivity contribution < 1.29 is 4.79 Å². The number of hydrogen-bond donors (Lipinski definition) is 1. The lowest BCUT2D eigenvalue weighted by Gasteiger charge is -2.12. The van der Waals surface area contributed by atoms with Crippen molar-refractivity contribution >= 4 is 35.5 Å². The molecule has 156 valence electrons. The molecule has 4 nitrogen and oxygen atoms in total. The van der Waals surface area contributed by atoms with E-state index in [4.69, 9.17) is 11.6 Å². The molecule has 1 N–H and O–H groups in total. The van der Waals surface area contributed by atoms with Crippen LogP contribution in [0.2, 0.25) is 5.02 Å². The molecule has 3 aromatic rings. The number of rotatable bonds is 6. The molecule has 0 radical (unpaired) electrons. The average molecular weight is 440 g/mol. The zero-order valence-electron chi connectivity index (χ0n) is 17.9. The van der Waals surface area contributed by atoms with E-state index < -0.39 is 0 Å². The highest BCUT2D eigenvalue weighted by molar-refractivity contribution is 8.00. The fourth-order valence-corrected chi connectivity index (χ4v) is 4.41. The zero-order valence-corrected chi connectivity index (χ0v) is 19.4. The summed E-state index contributed by atoms with van der Waals surface area (Å²) in [6.07, 6.45) is 1.71. The van der Waals surface area contributed by atoms with E-state index in [0.29, 0.717) is 5.02 Å². The van der Waals surface area contributed by atoms with Gasteiger partial charge in [0.2, 0.25) is 0 Å². The van der Waals surface area contributed by atoms with Crippen LogP contribution in [0, 0.1) is 27.7 Å². The van der Waals surface area contributed by atoms with Crippen LogP contribution in [-0.4, -0.2) is 21.9 Å². The molecule has 1 heterocycles. The van der Waals surface area contributed by atoms with Crippen molar-refractivity contribution in [3.05, 3.63) is 81.6 Å². The van der Waals surface area contributed by atoms with Crippen molar-refractivity contribution in [2.45, 2.75) is 44.8 Å². The van der Waals surface area contributed by atoms with Gasteiger partial charge in [-0.25, -0.2) is 5.43 Å². The maximum atomic E-state index is 12.4. The number of nitrogens with zero attached hydrogens (tertiary/aromatic N) is 2. The van der Waals surface area contributed by atoms with Gasteiger partial charge in [0.25, 0.3) is 5.91 Å². The van der Waals surface area contributed by atoms with Crippen LogP contribution in [0.5, 0.6) is 0 Å². The van der Waals surface area contributed by atoms with E-state index in [2.05, 4.69) is 67.1 Å².